The van der Waals surface area contributed by atoms with Gasteiger partial charge in [-0.3, -0.25) is 4.79 Å². The molecule has 0 aliphatic heterocycles. The number of benzene rings is 2. The van der Waals surface area contributed by atoms with Gasteiger partial charge < -0.3 is 29.6 Å². The summed E-state index contributed by atoms with van der Waals surface area (Å²) in [7, 11) is 2.93. The van der Waals surface area contributed by atoms with E-state index >= 15 is 0 Å². The SMILES string of the molecule is CCCCNC(=O)Oc1cc(OC)ccc1C(=O)c1ccc(OC)cc1OC(=O)NCCCC. The molecular formula is C25H32N2O7. The highest BCUT2D eigenvalue weighted by molar-refractivity contribution is 6.13. The number of ketones is 1. The normalized spacial score (nSPS) is 10.2. The molecule has 2 rings (SSSR count). The zero-order chi connectivity index (χ0) is 24.9. The lowest BCUT2D eigenvalue weighted by Gasteiger charge is -2.14. The van der Waals surface area contributed by atoms with E-state index in [2.05, 4.69) is 10.6 Å². The van der Waals surface area contributed by atoms with Crippen LogP contribution in [0.25, 0.3) is 0 Å². The molecule has 2 aromatic carbocycles. The molecule has 0 saturated carbocycles. The van der Waals surface area contributed by atoms with Gasteiger partial charge in [-0.1, -0.05) is 26.7 Å². The molecule has 0 unspecified atom stereocenters. The van der Waals surface area contributed by atoms with Crippen LogP contribution in [0, 0.1) is 0 Å². The van der Waals surface area contributed by atoms with E-state index in [9.17, 15) is 14.4 Å². The Hall–Kier alpha value is -3.75. The molecule has 0 aliphatic carbocycles. The molecule has 0 heterocycles. The van der Waals surface area contributed by atoms with Crippen LogP contribution in [0.2, 0.25) is 0 Å². The Morgan fingerprint density at radius 1 is 0.706 bits per heavy atom. The lowest BCUT2D eigenvalue weighted by Crippen LogP contribution is -2.28. The fourth-order valence-electron chi connectivity index (χ4n) is 2.95. The van der Waals surface area contributed by atoms with Crippen LogP contribution in [-0.2, 0) is 0 Å². The molecular weight excluding hydrogens is 440 g/mol. The summed E-state index contributed by atoms with van der Waals surface area (Å²) in [6.07, 6.45) is 2.05. The average molecular weight is 473 g/mol. The highest BCUT2D eigenvalue weighted by Crippen LogP contribution is 2.32. The van der Waals surface area contributed by atoms with Gasteiger partial charge in [-0.05, 0) is 37.1 Å². The number of nitrogens with one attached hydrogen (secondary N) is 2. The molecule has 2 amide bonds. The van der Waals surface area contributed by atoms with Crippen LogP contribution in [0.1, 0.15) is 55.5 Å². The number of unbranched alkanes of at least 4 members (excludes halogenated alkanes) is 2. The van der Waals surface area contributed by atoms with E-state index in [4.69, 9.17) is 18.9 Å². The molecule has 0 saturated heterocycles. The van der Waals surface area contributed by atoms with Crippen molar-refractivity contribution >= 4 is 18.0 Å². The van der Waals surface area contributed by atoms with Gasteiger partial charge >= 0.3 is 12.2 Å². The van der Waals surface area contributed by atoms with Gasteiger partial charge in [0, 0.05) is 25.2 Å². The molecule has 0 fully saturated rings. The Bertz CT molecular complexity index is 914. The van der Waals surface area contributed by atoms with Gasteiger partial charge in [-0.2, -0.15) is 0 Å². The summed E-state index contributed by atoms with van der Waals surface area (Å²) in [5, 5.41) is 5.29. The van der Waals surface area contributed by atoms with Gasteiger partial charge in [0.25, 0.3) is 0 Å². The Labute approximate surface area is 199 Å². The number of hydrogen-bond donors (Lipinski definition) is 2. The lowest BCUT2D eigenvalue weighted by molar-refractivity contribution is 0.103. The standard InChI is InChI=1S/C25H32N2O7/c1-5-7-13-26-24(29)33-21-15-17(31-3)9-11-19(21)23(28)20-12-10-18(32-4)16-22(20)34-25(30)27-14-8-6-2/h9-12,15-16H,5-8,13-14H2,1-4H3,(H,26,29)(H,27,30). The Balaban J connectivity index is 2.36. The number of hydrogen-bond acceptors (Lipinski definition) is 7. The van der Waals surface area contributed by atoms with Crippen molar-refractivity contribution in [1.29, 1.82) is 0 Å². The lowest BCUT2D eigenvalue weighted by atomic mass is 10.0. The molecule has 9 heteroatoms. The summed E-state index contributed by atoms with van der Waals surface area (Å²) in [5.74, 6) is 0.363. The second-order valence-corrected chi connectivity index (χ2v) is 7.39. The monoisotopic (exact) mass is 472 g/mol. The minimum Gasteiger partial charge on any atom is -0.497 e. The number of carbonyl (C=O) groups is 3. The van der Waals surface area contributed by atoms with Crippen LogP contribution in [0.15, 0.2) is 36.4 Å². The smallest absolute Gasteiger partial charge is 0.412 e. The van der Waals surface area contributed by atoms with E-state index in [1.165, 1.54) is 38.5 Å². The minimum atomic E-state index is -0.683. The molecule has 0 radical (unpaired) electrons. The zero-order valence-corrected chi connectivity index (χ0v) is 20.1. The molecule has 0 spiro atoms. The summed E-state index contributed by atoms with van der Waals surface area (Å²) in [6.45, 7) is 4.91. The predicted molar refractivity (Wildman–Crippen MR) is 127 cm³/mol. The first-order valence-corrected chi connectivity index (χ1v) is 11.3. The first kappa shape index (κ1) is 26.5. The summed E-state index contributed by atoms with van der Waals surface area (Å²) in [6, 6.07) is 9.05. The third kappa shape index (κ3) is 7.68. The van der Waals surface area contributed by atoms with Crippen molar-refractivity contribution in [2.24, 2.45) is 0 Å². The maximum Gasteiger partial charge on any atom is 0.412 e. The predicted octanol–water partition coefficient (Wildman–Crippen LogP) is 4.71. The van der Waals surface area contributed by atoms with Crippen molar-refractivity contribution in [3.63, 3.8) is 0 Å². The van der Waals surface area contributed by atoms with E-state index < -0.39 is 18.0 Å². The quantitative estimate of drug-likeness (QED) is 0.340. The summed E-state index contributed by atoms with van der Waals surface area (Å²) in [5.41, 5.74) is 0.209. The van der Waals surface area contributed by atoms with Crippen LogP contribution >= 0.6 is 0 Å². The van der Waals surface area contributed by atoms with Crippen molar-refractivity contribution in [1.82, 2.24) is 10.6 Å². The van der Waals surface area contributed by atoms with Crippen molar-refractivity contribution in [3.05, 3.63) is 47.5 Å². The second-order valence-electron chi connectivity index (χ2n) is 7.39. The van der Waals surface area contributed by atoms with Gasteiger partial charge in [-0.25, -0.2) is 9.59 Å². The first-order chi connectivity index (χ1) is 16.4. The van der Waals surface area contributed by atoms with E-state index in [1.807, 2.05) is 13.8 Å². The molecule has 0 aromatic heterocycles. The van der Waals surface area contributed by atoms with Crippen molar-refractivity contribution in [2.75, 3.05) is 27.3 Å². The number of methoxy groups -OCH3 is 2. The highest BCUT2D eigenvalue weighted by Gasteiger charge is 2.23. The number of carbonyl (C=O) groups excluding carboxylic acids is 3. The van der Waals surface area contributed by atoms with Gasteiger partial charge in [0.05, 0.1) is 25.3 Å². The molecule has 34 heavy (non-hydrogen) atoms. The second kappa shape index (κ2) is 13.7. The van der Waals surface area contributed by atoms with Gasteiger partial charge in [0.2, 0.25) is 5.78 Å². The molecule has 0 aliphatic rings. The number of rotatable bonds is 12. The minimum absolute atomic E-state index is 0.0208. The van der Waals surface area contributed by atoms with Gasteiger partial charge in [-0.15, -0.1) is 0 Å². The van der Waals surface area contributed by atoms with Crippen LogP contribution in [0.4, 0.5) is 9.59 Å². The van der Waals surface area contributed by atoms with E-state index in [-0.39, 0.29) is 22.6 Å². The molecule has 0 bridgehead atoms. The van der Waals surface area contributed by atoms with Crippen molar-refractivity contribution in [2.45, 2.75) is 39.5 Å². The molecule has 2 aromatic rings. The van der Waals surface area contributed by atoms with E-state index in [1.54, 1.807) is 12.1 Å². The molecule has 9 nitrogen and oxygen atoms in total. The maximum absolute atomic E-state index is 13.5. The number of ether oxygens (including phenoxy) is 4. The van der Waals surface area contributed by atoms with Crippen molar-refractivity contribution < 1.29 is 33.3 Å². The summed E-state index contributed by atoms with van der Waals surface area (Å²) in [4.78, 5) is 37.9. The Kier molecular flexibility index (Phi) is 10.7. The van der Waals surface area contributed by atoms with Gasteiger partial charge in [0.15, 0.2) is 0 Å². The molecule has 184 valence electrons. The van der Waals surface area contributed by atoms with Gasteiger partial charge in [0.1, 0.15) is 23.0 Å². The topological polar surface area (TPSA) is 112 Å². The Morgan fingerprint density at radius 3 is 1.47 bits per heavy atom. The zero-order valence-electron chi connectivity index (χ0n) is 20.1. The fourth-order valence-corrected chi connectivity index (χ4v) is 2.95. The van der Waals surface area contributed by atoms with Crippen molar-refractivity contribution in [3.8, 4) is 23.0 Å². The Morgan fingerprint density at radius 2 is 1.12 bits per heavy atom. The van der Waals surface area contributed by atoms with Crippen LogP contribution in [-0.4, -0.2) is 45.3 Å². The number of amides is 2. The average Bonchev–Trinajstić information content (AvgIpc) is 2.83. The summed E-state index contributed by atoms with van der Waals surface area (Å²) >= 11 is 0. The summed E-state index contributed by atoms with van der Waals surface area (Å²) < 4.78 is 21.2. The van der Waals surface area contributed by atoms with Crippen LogP contribution in [0.5, 0.6) is 23.0 Å². The fraction of sp³-hybridized carbons (Fsp3) is 0.400. The van der Waals surface area contributed by atoms with E-state index in [0.717, 1.165) is 25.7 Å². The van der Waals surface area contributed by atoms with Crippen LogP contribution < -0.4 is 29.6 Å². The third-order valence-corrected chi connectivity index (χ3v) is 4.87. The molecule has 2 N–H and O–H groups in total. The maximum atomic E-state index is 13.5. The molecule has 0 atom stereocenters. The van der Waals surface area contributed by atoms with Crippen LogP contribution in [0.3, 0.4) is 0 Å². The first-order valence-electron chi connectivity index (χ1n) is 11.3. The highest BCUT2D eigenvalue weighted by atomic mass is 16.6. The third-order valence-electron chi connectivity index (χ3n) is 4.87. The van der Waals surface area contributed by atoms with E-state index in [0.29, 0.717) is 24.6 Å². The largest absolute Gasteiger partial charge is 0.497 e.